The van der Waals surface area contributed by atoms with Gasteiger partial charge in [-0.15, -0.1) is 11.8 Å². The molecule has 4 nitrogen and oxygen atoms in total. The van der Waals surface area contributed by atoms with E-state index in [1.807, 2.05) is 6.92 Å². The van der Waals surface area contributed by atoms with Gasteiger partial charge in [0.15, 0.2) is 0 Å². The van der Waals surface area contributed by atoms with Crippen molar-refractivity contribution in [3.8, 4) is 0 Å². The molecule has 1 amide bonds. The Morgan fingerprint density at radius 1 is 1.60 bits per heavy atom. The van der Waals surface area contributed by atoms with Crippen LogP contribution < -0.4 is 5.32 Å². The number of thioether (sulfide) groups is 1. The van der Waals surface area contributed by atoms with Gasteiger partial charge in [-0.05, 0) is 18.6 Å². The summed E-state index contributed by atoms with van der Waals surface area (Å²) in [5.41, 5.74) is 0. The molecule has 0 saturated heterocycles. The van der Waals surface area contributed by atoms with Crippen molar-refractivity contribution < 1.29 is 14.7 Å². The number of aldehydes is 1. The average molecular weight is 233 g/mol. The van der Waals surface area contributed by atoms with Crippen LogP contribution in [0.1, 0.15) is 26.2 Å². The van der Waals surface area contributed by atoms with Gasteiger partial charge in [0.1, 0.15) is 6.29 Å². The van der Waals surface area contributed by atoms with Gasteiger partial charge in [0.2, 0.25) is 5.91 Å². The highest BCUT2D eigenvalue weighted by atomic mass is 32.2. The van der Waals surface area contributed by atoms with Crippen molar-refractivity contribution in [1.82, 2.24) is 5.32 Å². The van der Waals surface area contributed by atoms with Crippen molar-refractivity contribution in [2.24, 2.45) is 0 Å². The van der Waals surface area contributed by atoms with Gasteiger partial charge in [0.05, 0.1) is 5.25 Å². The summed E-state index contributed by atoms with van der Waals surface area (Å²) >= 11 is 1.51. The van der Waals surface area contributed by atoms with Crippen molar-refractivity contribution in [3.05, 3.63) is 0 Å². The third-order valence-corrected chi connectivity index (χ3v) is 3.21. The van der Waals surface area contributed by atoms with E-state index in [0.29, 0.717) is 13.0 Å². The molecule has 0 heterocycles. The van der Waals surface area contributed by atoms with Crippen LogP contribution in [-0.4, -0.2) is 41.5 Å². The van der Waals surface area contributed by atoms with Crippen LogP contribution in [0.25, 0.3) is 0 Å². The lowest BCUT2D eigenvalue weighted by molar-refractivity contribution is -0.122. The van der Waals surface area contributed by atoms with Crippen molar-refractivity contribution in [1.29, 1.82) is 0 Å². The Hall–Kier alpha value is -0.550. The summed E-state index contributed by atoms with van der Waals surface area (Å²) in [6, 6.07) is 0. The summed E-state index contributed by atoms with van der Waals surface area (Å²) < 4.78 is 0. The van der Waals surface area contributed by atoms with Gasteiger partial charge in [-0.2, -0.15) is 0 Å². The van der Waals surface area contributed by atoms with Crippen molar-refractivity contribution in [3.63, 3.8) is 0 Å². The van der Waals surface area contributed by atoms with Gasteiger partial charge in [-0.3, -0.25) is 4.79 Å². The first-order valence-electron chi connectivity index (χ1n) is 5.20. The van der Waals surface area contributed by atoms with Crippen LogP contribution in [-0.2, 0) is 9.59 Å². The molecule has 0 aliphatic rings. The lowest BCUT2D eigenvalue weighted by Gasteiger charge is -2.13. The molecular formula is C10H19NO3S. The molecule has 0 aliphatic heterocycles. The molecule has 0 aromatic carbocycles. The normalized spacial score (nSPS) is 12.1. The maximum absolute atomic E-state index is 11.5. The zero-order chi connectivity index (χ0) is 11.5. The van der Waals surface area contributed by atoms with E-state index in [0.717, 1.165) is 18.5 Å². The number of hydrogen-bond donors (Lipinski definition) is 2. The molecule has 2 N–H and O–H groups in total. The van der Waals surface area contributed by atoms with Crippen LogP contribution >= 0.6 is 11.8 Å². The first-order valence-corrected chi connectivity index (χ1v) is 6.25. The molecule has 0 fully saturated rings. The molecule has 15 heavy (non-hydrogen) atoms. The van der Waals surface area contributed by atoms with E-state index in [2.05, 4.69) is 5.32 Å². The number of aliphatic hydroxyl groups is 1. The quantitative estimate of drug-likeness (QED) is 0.452. The highest BCUT2D eigenvalue weighted by molar-refractivity contribution is 8.00. The average Bonchev–Trinajstić information content (AvgIpc) is 2.24. The van der Waals surface area contributed by atoms with E-state index in [9.17, 15) is 9.59 Å². The molecule has 1 atom stereocenters. The minimum atomic E-state index is -0.277. The number of amides is 1. The number of nitrogens with one attached hydrogen (secondary N) is 1. The second-order valence-corrected chi connectivity index (χ2v) is 4.44. The van der Waals surface area contributed by atoms with E-state index in [1.54, 1.807) is 0 Å². The van der Waals surface area contributed by atoms with E-state index < -0.39 is 0 Å². The largest absolute Gasteiger partial charge is 0.396 e. The molecule has 88 valence electrons. The fraction of sp³-hybridized carbons (Fsp3) is 0.800. The summed E-state index contributed by atoms with van der Waals surface area (Å²) in [5.74, 6) is 0.778. The van der Waals surface area contributed by atoms with Gasteiger partial charge in [-0.1, -0.05) is 6.92 Å². The lowest BCUT2D eigenvalue weighted by atomic mass is 10.3. The predicted molar refractivity (Wildman–Crippen MR) is 61.9 cm³/mol. The van der Waals surface area contributed by atoms with Crippen molar-refractivity contribution in [2.75, 3.05) is 18.9 Å². The fourth-order valence-electron chi connectivity index (χ4n) is 1.00. The Labute approximate surface area is 94.8 Å². The molecule has 0 radical (unpaired) electrons. The second kappa shape index (κ2) is 9.98. The molecule has 0 bridgehead atoms. The zero-order valence-corrected chi connectivity index (χ0v) is 9.89. The molecule has 5 heteroatoms. The molecule has 0 aromatic heterocycles. The fourth-order valence-corrected chi connectivity index (χ4v) is 1.97. The Bertz CT molecular complexity index is 188. The predicted octanol–water partition coefficient (Wildman–Crippen LogP) is 0.586. The van der Waals surface area contributed by atoms with E-state index in [4.69, 9.17) is 5.11 Å². The van der Waals surface area contributed by atoms with Crippen LogP contribution in [0, 0.1) is 0 Å². The summed E-state index contributed by atoms with van der Waals surface area (Å²) in [6.45, 7) is 2.58. The topological polar surface area (TPSA) is 66.4 Å². The molecule has 0 saturated carbocycles. The Morgan fingerprint density at radius 3 is 2.87 bits per heavy atom. The van der Waals surface area contributed by atoms with Crippen LogP contribution in [0.5, 0.6) is 0 Å². The first-order chi connectivity index (χ1) is 7.26. The maximum atomic E-state index is 11.5. The van der Waals surface area contributed by atoms with Gasteiger partial charge >= 0.3 is 0 Å². The molecule has 1 unspecified atom stereocenters. The summed E-state index contributed by atoms with van der Waals surface area (Å²) in [5, 5.41) is 11.0. The van der Waals surface area contributed by atoms with Gasteiger partial charge in [-0.25, -0.2) is 0 Å². The number of hydrogen-bond acceptors (Lipinski definition) is 4. The number of carbonyl (C=O) groups excluding carboxylic acids is 2. The number of aliphatic hydroxyl groups excluding tert-OH is 1. The smallest absolute Gasteiger partial charge is 0.233 e. The monoisotopic (exact) mass is 233 g/mol. The molecule has 0 aliphatic carbocycles. The number of rotatable bonds is 9. The van der Waals surface area contributed by atoms with E-state index in [1.165, 1.54) is 11.8 Å². The minimum Gasteiger partial charge on any atom is -0.396 e. The van der Waals surface area contributed by atoms with Gasteiger partial charge in [0, 0.05) is 19.6 Å². The summed E-state index contributed by atoms with van der Waals surface area (Å²) in [4.78, 5) is 21.9. The first kappa shape index (κ1) is 14.5. The SMILES string of the molecule is CCCSC(CC=O)C(=O)NCCCO. The van der Waals surface area contributed by atoms with Gasteiger partial charge < -0.3 is 15.2 Å². The lowest BCUT2D eigenvalue weighted by Crippen LogP contribution is -2.34. The van der Waals surface area contributed by atoms with E-state index in [-0.39, 0.29) is 24.2 Å². The van der Waals surface area contributed by atoms with Crippen molar-refractivity contribution >= 4 is 24.0 Å². The van der Waals surface area contributed by atoms with Crippen LogP contribution in [0.4, 0.5) is 0 Å². The molecular weight excluding hydrogens is 214 g/mol. The zero-order valence-electron chi connectivity index (χ0n) is 9.07. The number of carbonyl (C=O) groups is 2. The highest BCUT2D eigenvalue weighted by Gasteiger charge is 2.17. The summed E-state index contributed by atoms with van der Waals surface area (Å²) in [6.07, 6.45) is 2.58. The van der Waals surface area contributed by atoms with Crippen LogP contribution in [0.2, 0.25) is 0 Å². The van der Waals surface area contributed by atoms with Gasteiger partial charge in [0.25, 0.3) is 0 Å². The molecule has 0 rings (SSSR count). The maximum Gasteiger partial charge on any atom is 0.233 e. The standard InChI is InChI=1S/C10H19NO3S/c1-2-8-15-9(4-7-13)10(14)11-5-3-6-12/h7,9,12H,2-6,8H2,1H3,(H,11,14). The second-order valence-electron chi connectivity index (χ2n) is 3.13. The Kier molecular flexibility index (Phi) is 9.62. The molecule has 0 spiro atoms. The third-order valence-electron chi connectivity index (χ3n) is 1.76. The molecule has 0 aromatic rings. The van der Waals surface area contributed by atoms with Crippen LogP contribution in [0.3, 0.4) is 0 Å². The highest BCUT2D eigenvalue weighted by Crippen LogP contribution is 2.14. The Balaban J connectivity index is 3.86. The van der Waals surface area contributed by atoms with Crippen LogP contribution in [0.15, 0.2) is 0 Å². The summed E-state index contributed by atoms with van der Waals surface area (Å²) in [7, 11) is 0. The Morgan fingerprint density at radius 2 is 2.33 bits per heavy atom. The third kappa shape index (κ3) is 7.39. The van der Waals surface area contributed by atoms with E-state index >= 15 is 0 Å². The van der Waals surface area contributed by atoms with Crippen molar-refractivity contribution in [2.45, 2.75) is 31.4 Å². The minimum absolute atomic E-state index is 0.0702.